The molecular weight excluding hydrogens is 302 g/mol. The highest BCUT2D eigenvalue weighted by molar-refractivity contribution is 5.96. The molecule has 0 spiro atoms. The minimum absolute atomic E-state index is 0.0324. The number of urea groups is 1. The monoisotopic (exact) mass is 323 g/mol. The third-order valence-electron chi connectivity index (χ3n) is 4.10. The Balaban J connectivity index is 1.50. The number of nitrogens with zero attached hydrogens (tertiary/aromatic N) is 1. The summed E-state index contributed by atoms with van der Waals surface area (Å²) in [6.45, 7) is 3.00. The van der Waals surface area contributed by atoms with Gasteiger partial charge in [-0.05, 0) is 24.6 Å². The van der Waals surface area contributed by atoms with Crippen molar-refractivity contribution in [1.82, 2.24) is 10.6 Å². The fourth-order valence-corrected chi connectivity index (χ4v) is 2.79. The van der Waals surface area contributed by atoms with Gasteiger partial charge in [0.05, 0.1) is 6.04 Å². The lowest BCUT2D eigenvalue weighted by Crippen LogP contribution is -2.43. The zero-order valence-electron chi connectivity index (χ0n) is 13.7. The minimum Gasteiger partial charge on any atom is -0.334 e. The van der Waals surface area contributed by atoms with E-state index < -0.39 is 0 Å². The van der Waals surface area contributed by atoms with Gasteiger partial charge >= 0.3 is 6.03 Å². The zero-order valence-corrected chi connectivity index (χ0v) is 13.7. The number of benzene rings is 2. The van der Waals surface area contributed by atoms with Crippen molar-refractivity contribution in [3.63, 3.8) is 0 Å². The maximum absolute atomic E-state index is 12.1. The van der Waals surface area contributed by atoms with Gasteiger partial charge in [0, 0.05) is 25.2 Å². The first-order valence-electron chi connectivity index (χ1n) is 8.07. The summed E-state index contributed by atoms with van der Waals surface area (Å²) in [5, 5.41) is 5.71. The standard InChI is InChI=1S/C19H21N3O2/c1-14-7-9-15(10-8-14)12-20-19(24)21-16-11-18(23)22(13-16)17-5-3-2-4-6-17/h2-10,16H,11-13H2,1H3,(H2,20,21,24)/t16-/m1/s1. The number of carbonyl (C=O) groups excluding carboxylic acids is 2. The van der Waals surface area contributed by atoms with Crippen molar-refractivity contribution in [2.75, 3.05) is 11.4 Å². The average Bonchev–Trinajstić information content (AvgIpc) is 2.95. The zero-order chi connectivity index (χ0) is 16.9. The van der Waals surface area contributed by atoms with Crippen molar-refractivity contribution in [1.29, 1.82) is 0 Å². The van der Waals surface area contributed by atoms with Crippen molar-refractivity contribution >= 4 is 17.6 Å². The summed E-state index contributed by atoms with van der Waals surface area (Å²) in [6.07, 6.45) is 0.326. The molecule has 5 nitrogen and oxygen atoms in total. The molecule has 2 aromatic rings. The fourth-order valence-electron chi connectivity index (χ4n) is 2.79. The highest BCUT2D eigenvalue weighted by atomic mass is 16.2. The molecule has 1 heterocycles. The van der Waals surface area contributed by atoms with Gasteiger partial charge in [0.2, 0.25) is 5.91 Å². The summed E-state index contributed by atoms with van der Waals surface area (Å²) in [6, 6.07) is 17.1. The Labute approximate surface area is 141 Å². The Morgan fingerprint density at radius 2 is 1.83 bits per heavy atom. The van der Waals surface area contributed by atoms with E-state index in [2.05, 4.69) is 10.6 Å². The Kier molecular flexibility index (Phi) is 4.79. The first-order valence-corrected chi connectivity index (χ1v) is 8.07. The number of carbonyl (C=O) groups is 2. The summed E-state index contributed by atoms with van der Waals surface area (Å²) in [4.78, 5) is 25.9. The predicted octanol–water partition coefficient (Wildman–Crippen LogP) is 2.60. The minimum atomic E-state index is -0.247. The second-order valence-corrected chi connectivity index (χ2v) is 6.05. The molecule has 5 heteroatoms. The van der Waals surface area contributed by atoms with Crippen LogP contribution in [0.25, 0.3) is 0 Å². The van der Waals surface area contributed by atoms with Crippen LogP contribution in [-0.4, -0.2) is 24.5 Å². The van der Waals surface area contributed by atoms with Gasteiger partial charge < -0.3 is 15.5 Å². The molecule has 0 aromatic heterocycles. The smallest absolute Gasteiger partial charge is 0.315 e. The van der Waals surface area contributed by atoms with Crippen LogP contribution in [0.5, 0.6) is 0 Å². The van der Waals surface area contributed by atoms with E-state index in [0.717, 1.165) is 11.3 Å². The second-order valence-electron chi connectivity index (χ2n) is 6.05. The average molecular weight is 323 g/mol. The third-order valence-corrected chi connectivity index (χ3v) is 4.10. The molecule has 2 aromatic carbocycles. The molecule has 3 amide bonds. The van der Waals surface area contributed by atoms with Crippen LogP contribution in [0.4, 0.5) is 10.5 Å². The molecule has 1 saturated heterocycles. The molecule has 124 valence electrons. The summed E-state index contributed by atoms with van der Waals surface area (Å²) >= 11 is 0. The third kappa shape index (κ3) is 3.93. The molecule has 0 bridgehead atoms. The van der Waals surface area contributed by atoms with Gasteiger partial charge in [-0.25, -0.2) is 4.79 Å². The number of para-hydroxylation sites is 1. The maximum Gasteiger partial charge on any atom is 0.315 e. The number of anilines is 1. The van der Waals surface area contributed by atoms with Crippen LogP contribution in [0.3, 0.4) is 0 Å². The van der Waals surface area contributed by atoms with Crippen LogP contribution in [0.15, 0.2) is 54.6 Å². The van der Waals surface area contributed by atoms with Crippen molar-refractivity contribution in [2.45, 2.75) is 25.9 Å². The van der Waals surface area contributed by atoms with Gasteiger partial charge in [-0.2, -0.15) is 0 Å². The van der Waals surface area contributed by atoms with E-state index in [4.69, 9.17) is 0 Å². The van der Waals surface area contributed by atoms with Gasteiger partial charge in [0.1, 0.15) is 0 Å². The molecule has 0 radical (unpaired) electrons. The molecule has 0 unspecified atom stereocenters. The lowest BCUT2D eigenvalue weighted by Gasteiger charge is -2.17. The molecule has 1 fully saturated rings. The number of nitrogens with one attached hydrogen (secondary N) is 2. The molecule has 1 aliphatic heterocycles. The van der Waals surface area contributed by atoms with Crippen LogP contribution in [-0.2, 0) is 11.3 Å². The van der Waals surface area contributed by atoms with E-state index in [0.29, 0.717) is 19.5 Å². The van der Waals surface area contributed by atoms with Crippen molar-refractivity contribution in [3.8, 4) is 0 Å². The van der Waals surface area contributed by atoms with E-state index in [1.165, 1.54) is 5.56 Å². The number of hydrogen-bond acceptors (Lipinski definition) is 2. The van der Waals surface area contributed by atoms with Crippen LogP contribution in [0, 0.1) is 6.92 Å². The number of amides is 3. The van der Waals surface area contributed by atoms with Gasteiger partial charge in [0.25, 0.3) is 0 Å². The Hall–Kier alpha value is -2.82. The first-order chi connectivity index (χ1) is 11.6. The quantitative estimate of drug-likeness (QED) is 0.908. The largest absolute Gasteiger partial charge is 0.334 e. The fraction of sp³-hybridized carbons (Fsp3) is 0.263. The molecule has 3 rings (SSSR count). The maximum atomic E-state index is 12.1. The van der Waals surface area contributed by atoms with Crippen LogP contribution in [0.1, 0.15) is 17.5 Å². The summed E-state index contributed by atoms with van der Waals surface area (Å²) in [7, 11) is 0. The molecule has 1 aliphatic rings. The summed E-state index contributed by atoms with van der Waals surface area (Å²) < 4.78 is 0. The van der Waals surface area contributed by atoms with Gasteiger partial charge in [-0.15, -0.1) is 0 Å². The van der Waals surface area contributed by atoms with Gasteiger partial charge in [0.15, 0.2) is 0 Å². The number of rotatable bonds is 4. The van der Waals surface area contributed by atoms with E-state index in [1.807, 2.05) is 61.5 Å². The molecule has 24 heavy (non-hydrogen) atoms. The topological polar surface area (TPSA) is 61.4 Å². The lowest BCUT2D eigenvalue weighted by atomic mass is 10.1. The molecule has 0 saturated carbocycles. The first kappa shape index (κ1) is 16.1. The van der Waals surface area contributed by atoms with E-state index in [9.17, 15) is 9.59 Å². The Morgan fingerprint density at radius 3 is 2.54 bits per heavy atom. The van der Waals surface area contributed by atoms with Crippen molar-refractivity contribution < 1.29 is 9.59 Å². The van der Waals surface area contributed by atoms with E-state index in [1.54, 1.807) is 4.90 Å². The predicted molar refractivity (Wildman–Crippen MR) is 93.8 cm³/mol. The van der Waals surface area contributed by atoms with E-state index in [-0.39, 0.29) is 18.0 Å². The second kappa shape index (κ2) is 7.17. The van der Waals surface area contributed by atoms with E-state index >= 15 is 0 Å². The van der Waals surface area contributed by atoms with Crippen molar-refractivity contribution in [3.05, 3.63) is 65.7 Å². The normalized spacial score (nSPS) is 17.0. The summed E-state index contributed by atoms with van der Waals surface area (Å²) in [5.74, 6) is 0.0324. The summed E-state index contributed by atoms with van der Waals surface area (Å²) in [5.41, 5.74) is 3.10. The Bertz CT molecular complexity index is 713. The SMILES string of the molecule is Cc1ccc(CNC(=O)N[C@@H]2CC(=O)N(c3ccccc3)C2)cc1. The molecular formula is C19H21N3O2. The molecule has 2 N–H and O–H groups in total. The molecule has 0 aliphatic carbocycles. The van der Waals surface area contributed by atoms with Crippen molar-refractivity contribution in [2.24, 2.45) is 0 Å². The van der Waals surface area contributed by atoms with Crippen LogP contribution in [0.2, 0.25) is 0 Å². The van der Waals surface area contributed by atoms with Gasteiger partial charge in [-0.3, -0.25) is 4.79 Å². The van der Waals surface area contributed by atoms with Crippen LogP contribution >= 0.6 is 0 Å². The van der Waals surface area contributed by atoms with Gasteiger partial charge in [-0.1, -0.05) is 48.0 Å². The van der Waals surface area contributed by atoms with Crippen LogP contribution < -0.4 is 15.5 Å². The number of hydrogen-bond donors (Lipinski definition) is 2. The molecule has 1 atom stereocenters. The highest BCUT2D eigenvalue weighted by Gasteiger charge is 2.31. The number of aryl methyl sites for hydroxylation is 1. The Morgan fingerprint density at radius 1 is 1.12 bits per heavy atom. The highest BCUT2D eigenvalue weighted by Crippen LogP contribution is 2.20. The lowest BCUT2D eigenvalue weighted by molar-refractivity contribution is -0.117.